The third kappa shape index (κ3) is 4.07. The number of fused-ring (bicyclic) bond motifs is 1. The van der Waals surface area contributed by atoms with E-state index in [0.717, 1.165) is 11.6 Å². The molecule has 2 aromatic carbocycles. The Morgan fingerprint density at radius 1 is 1.08 bits per heavy atom. The lowest BCUT2D eigenvalue weighted by atomic mass is 10.1. The van der Waals surface area contributed by atoms with Crippen LogP contribution >= 0.6 is 0 Å². The van der Waals surface area contributed by atoms with E-state index < -0.39 is 11.7 Å². The first-order valence-electron chi connectivity index (χ1n) is 7.86. The zero-order valence-corrected chi connectivity index (χ0v) is 13.6. The number of ether oxygens (including phenoxy) is 3. The summed E-state index contributed by atoms with van der Waals surface area (Å²) in [7, 11) is 0. The first-order valence-corrected chi connectivity index (χ1v) is 7.86. The van der Waals surface area contributed by atoms with Gasteiger partial charge in [-0.3, -0.25) is 0 Å². The molecule has 6 heteroatoms. The van der Waals surface area contributed by atoms with Crippen LogP contribution in [0.5, 0.6) is 17.2 Å². The van der Waals surface area contributed by atoms with Gasteiger partial charge in [-0.2, -0.15) is 13.2 Å². The van der Waals surface area contributed by atoms with Gasteiger partial charge in [0, 0.05) is 11.6 Å². The third-order valence-electron chi connectivity index (χ3n) is 3.67. The molecule has 0 fully saturated rings. The smallest absolute Gasteiger partial charge is 0.419 e. The van der Waals surface area contributed by atoms with Crippen LogP contribution in [0.4, 0.5) is 13.2 Å². The van der Waals surface area contributed by atoms with E-state index in [1.807, 2.05) is 18.2 Å². The average molecular weight is 350 g/mol. The molecule has 0 saturated heterocycles. The first kappa shape index (κ1) is 17.2. The molecule has 0 aromatic heterocycles. The highest BCUT2D eigenvalue weighted by Gasteiger charge is 2.34. The fraction of sp³-hybridized carbons (Fsp3) is 0.263. The van der Waals surface area contributed by atoms with Crippen LogP contribution in [0.25, 0.3) is 6.08 Å². The SMILES string of the molecule is CCOc1ccc(COc2ccc3c(c2)OCC=C3)cc1C(F)(F)F. The van der Waals surface area contributed by atoms with Crippen molar-refractivity contribution < 1.29 is 27.4 Å². The zero-order chi connectivity index (χ0) is 17.9. The second kappa shape index (κ2) is 7.09. The third-order valence-corrected chi connectivity index (χ3v) is 3.67. The fourth-order valence-electron chi connectivity index (χ4n) is 2.52. The van der Waals surface area contributed by atoms with Crippen molar-refractivity contribution in [2.24, 2.45) is 0 Å². The minimum Gasteiger partial charge on any atom is -0.493 e. The minimum atomic E-state index is -4.48. The monoisotopic (exact) mass is 350 g/mol. The Labute approximate surface area is 143 Å². The van der Waals surface area contributed by atoms with E-state index in [4.69, 9.17) is 14.2 Å². The lowest BCUT2D eigenvalue weighted by molar-refractivity contribution is -0.139. The van der Waals surface area contributed by atoms with Gasteiger partial charge in [0.1, 0.15) is 30.5 Å². The molecular formula is C19H17F3O3. The van der Waals surface area contributed by atoms with Crippen molar-refractivity contribution in [3.8, 4) is 17.2 Å². The molecule has 0 amide bonds. The summed E-state index contributed by atoms with van der Waals surface area (Å²) < 4.78 is 55.6. The molecule has 0 atom stereocenters. The number of rotatable bonds is 5. The highest BCUT2D eigenvalue weighted by atomic mass is 19.4. The standard InChI is InChI=1S/C19H17F3O3/c1-2-23-17-8-5-13(10-16(17)19(20,21)22)12-25-15-7-6-14-4-3-9-24-18(14)11-15/h3-8,10-11H,2,9,12H2,1H3. The fourth-order valence-corrected chi connectivity index (χ4v) is 2.52. The van der Waals surface area contributed by atoms with E-state index in [-0.39, 0.29) is 19.0 Å². The van der Waals surface area contributed by atoms with Gasteiger partial charge in [-0.15, -0.1) is 0 Å². The van der Waals surface area contributed by atoms with Crippen molar-refractivity contribution in [1.29, 1.82) is 0 Å². The predicted molar refractivity (Wildman–Crippen MR) is 87.9 cm³/mol. The van der Waals surface area contributed by atoms with Crippen molar-refractivity contribution in [3.05, 3.63) is 59.2 Å². The Morgan fingerprint density at radius 2 is 1.92 bits per heavy atom. The van der Waals surface area contributed by atoms with Crippen molar-refractivity contribution in [1.82, 2.24) is 0 Å². The van der Waals surface area contributed by atoms with E-state index in [1.54, 1.807) is 25.1 Å². The van der Waals surface area contributed by atoms with Gasteiger partial charge in [0.05, 0.1) is 12.2 Å². The normalized spacial score (nSPS) is 13.1. The zero-order valence-electron chi connectivity index (χ0n) is 13.6. The Balaban J connectivity index is 1.76. The predicted octanol–water partition coefficient (Wildman–Crippen LogP) is 5.09. The molecule has 0 N–H and O–H groups in total. The molecular weight excluding hydrogens is 333 g/mol. The van der Waals surface area contributed by atoms with E-state index in [1.165, 1.54) is 6.07 Å². The first-order chi connectivity index (χ1) is 12.0. The van der Waals surface area contributed by atoms with E-state index in [2.05, 4.69) is 0 Å². The maximum Gasteiger partial charge on any atom is 0.419 e. The summed E-state index contributed by atoms with van der Waals surface area (Å²) in [6, 6.07) is 9.29. The number of alkyl halides is 3. The van der Waals surface area contributed by atoms with Crippen LogP contribution in [-0.2, 0) is 12.8 Å². The van der Waals surface area contributed by atoms with Crippen molar-refractivity contribution in [2.45, 2.75) is 19.7 Å². The Kier molecular flexibility index (Phi) is 4.88. The van der Waals surface area contributed by atoms with Crippen LogP contribution in [0.15, 0.2) is 42.5 Å². The van der Waals surface area contributed by atoms with Gasteiger partial charge in [-0.25, -0.2) is 0 Å². The number of benzene rings is 2. The lowest BCUT2D eigenvalue weighted by Gasteiger charge is -2.16. The van der Waals surface area contributed by atoms with Gasteiger partial charge < -0.3 is 14.2 Å². The summed E-state index contributed by atoms with van der Waals surface area (Å²) in [4.78, 5) is 0. The molecule has 1 aliphatic heterocycles. The molecule has 0 saturated carbocycles. The Bertz CT molecular complexity index is 782. The summed E-state index contributed by atoms with van der Waals surface area (Å²) in [5.41, 5.74) is 0.558. The average Bonchev–Trinajstić information content (AvgIpc) is 2.60. The summed E-state index contributed by atoms with van der Waals surface area (Å²) in [6.07, 6.45) is -0.626. The number of halogens is 3. The molecule has 1 heterocycles. The van der Waals surface area contributed by atoms with Crippen LogP contribution in [-0.4, -0.2) is 13.2 Å². The van der Waals surface area contributed by atoms with Crippen LogP contribution in [0.1, 0.15) is 23.6 Å². The van der Waals surface area contributed by atoms with Gasteiger partial charge in [-0.1, -0.05) is 12.1 Å². The maximum absolute atomic E-state index is 13.2. The second-order valence-electron chi connectivity index (χ2n) is 5.46. The summed E-state index contributed by atoms with van der Waals surface area (Å²) in [5, 5.41) is 0. The topological polar surface area (TPSA) is 27.7 Å². The number of hydrogen-bond donors (Lipinski definition) is 0. The highest BCUT2D eigenvalue weighted by molar-refractivity contribution is 5.61. The minimum absolute atomic E-state index is 0.0180. The molecule has 0 spiro atoms. The van der Waals surface area contributed by atoms with Crippen LogP contribution in [0.2, 0.25) is 0 Å². The molecule has 0 radical (unpaired) electrons. The van der Waals surface area contributed by atoms with Crippen LogP contribution in [0, 0.1) is 0 Å². The van der Waals surface area contributed by atoms with E-state index in [0.29, 0.717) is 23.7 Å². The molecule has 25 heavy (non-hydrogen) atoms. The summed E-state index contributed by atoms with van der Waals surface area (Å²) >= 11 is 0. The van der Waals surface area contributed by atoms with Crippen LogP contribution in [0.3, 0.4) is 0 Å². The molecule has 2 aromatic rings. The number of hydrogen-bond acceptors (Lipinski definition) is 3. The summed E-state index contributed by atoms with van der Waals surface area (Å²) in [6.45, 7) is 2.32. The van der Waals surface area contributed by atoms with Crippen LogP contribution < -0.4 is 14.2 Å². The van der Waals surface area contributed by atoms with Gasteiger partial charge in [0.15, 0.2) is 0 Å². The molecule has 0 bridgehead atoms. The lowest BCUT2D eigenvalue weighted by Crippen LogP contribution is -2.10. The molecule has 132 valence electrons. The second-order valence-corrected chi connectivity index (χ2v) is 5.46. The molecule has 0 unspecified atom stereocenters. The van der Waals surface area contributed by atoms with Gasteiger partial charge in [0.25, 0.3) is 0 Å². The van der Waals surface area contributed by atoms with E-state index in [9.17, 15) is 13.2 Å². The molecule has 3 nitrogen and oxygen atoms in total. The molecule has 3 rings (SSSR count). The van der Waals surface area contributed by atoms with Gasteiger partial charge >= 0.3 is 6.18 Å². The van der Waals surface area contributed by atoms with E-state index >= 15 is 0 Å². The largest absolute Gasteiger partial charge is 0.493 e. The quantitative estimate of drug-likeness (QED) is 0.752. The van der Waals surface area contributed by atoms with Crippen molar-refractivity contribution in [3.63, 3.8) is 0 Å². The van der Waals surface area contributed by atoms with Gasteiger partial charge in [0.2, 0.25) is 0 Å². The highest BCUT2D eigenvalue weighted by Crippen LogP contribution is 2.37. The van der Waals surface area contributed by atoms with Crippen molar-refractivity contribution >= 4 is 6.08 Å². The van der Waals surface area contributed by atoms with Crippen molar-refractivity contribution in [2.75, 3.05) is 13.2 Å². The Hall–Kier alpha value is -2.63. The molecule has 0 aliphatic carbocycles. The summed E-state index contributed by atoms with van der Waals surface area (Å²) in [5.74, 6) is 1.06. The maximum atomic E-state index is 13.2. The van der Waals surface area contributed by atoms with Gasteiger partial charge in [-0.05, 0) is 42.8 Å². The molecule has 1 aliphatic rings. The Morgan fingerprint density at radius 3 is 2.68 bits per heavy atom.